The topological polar surface area (TPSA) is 104 Å². The number of carbonyl (C=O) groups is 1. The highest BCUT2D eigenvalue weighted by atomic mass is 16.2. The molecular weight excluding hydrogens is 330 g/mol. The van der Waals surface area contributed by atoms with Gasteiger partial charge in [0.1, 0.15) is 0 Å². The number of H-pyrrole nitrogens is 2. The molecule has 7 heteroatoms. The molecule has 26 heavy (non-hydrogen) atoms. The molecule has 1 amide bonds. The van der Waals surface area contributed by atoms with Crippen LogP contribution in [0.1, 0.15) is 16.1 Å². The Balaban J connectivity index is 1.76. The number of benzene rings is 1. The van der Waals surface area contributed by atoms with E-state index in [0.717, 1.165) is 16.8 Å². The predicted molar refractivity (Wildman–Crippen MR) is 99.1 cm³/mol. The van der Waals surface area contributed by atoms with Crippen LogP contribution in [0, 0.1) is 6.92 Å². The van der Waals surface area contributed by atoms with Crippen LogP contribution in [0.2, 0.25) is 0 Å². The molecule has 0 radical (unpaired) electrons. The molecule has 0 saturated heterocycles. The summed E-state index contributed by atoms with van der Waals surface area (Å²) in [4.78, 5) is 31.5. The van der Waals surface area contributed by atoms with Crippen molar-refractivity contribution in [1.29, 1.82) is 0 Å². The Kier molecular flexibility index (Phi) is 3.81. The third kappa shape index (κ3) is 2.75. The first kappa shape index (κ1) is 15.8. The number of fused-ring (bicyclic) bond motifs is 1. The van der Waals surface area contributed by atoms with Crippen LogP contribution in [0.3, 0.4) is 0 Å². The molecule has 128 valence electrons. The minimum Gasteiger partial charge on any atom is -0.361 e. The summed E-state index contributed by atoms with van der Waals surface area (Å²) < 4.78 is 0. The lowest BCUT2D eigenvalue weighted by Gasteiger charge is -2.06. The normalized spacial score (nSPS) is 10.8. The number of nitrogens with one attached hydrogen (secondary N) is 3. The maximum atomic E-state index is 12.6. The maximum Gasteiger partial charge on any atom is 0.276 e. The van der Waals surface area contributed by atoms with Crippen LogP contribution in [0.25, 0.3) is 22.2 Å². The number of hydrogen-bond donors (Lipinski definition) is 3. The molecule has 7 nitrogen and oxygen atoms in total. The number of anilines is 1. The van der Waals surface area contributed by atoms with Crippen LogP contribution in [-0.4, -0.2) is 26.1 Å². The highest BCUT2D eigenvalue weighted by Gasteiger charge is 2.16. The van der Waals surface area contributed by atoms with Crippen molar-refractivity contribution in [2.45, 2.75) is 6.92 Å². The number of aromatic amines is 2. The smallest absolute Gasteiger partial charge is 0.276 e. The molecule has 0 aliphatic carbocycles. The van der Waals surface area contributed by atoms with Crippen molar-refractivity contribution in [1.82, 2.24) is 20.2 Å². The fourth-order valence-corrected chi connectivity index (χ4v) is 2.83. The molecule has 1 aromatic carbocycles. The number of rotatable bonds is 3. The van der Waals surface area contributed by atoms with Crippen molar-refractivity contribution in [2.75, 3.05) is 5.32 Å². The summed E-state index contributed by atoms with van der Waals surface area (Å²) in [6, 6.07) is 10.5. The first-order valence-corrected chi connectivity index (χ1v) is 8.01. The van der Waals surface area contributed by atoms with Crippen molar-refractivity contribution in [3.05, 3.63) is 76.5 Å². The summed E-state index contributed by atoms with van der Waals surface area (Å²) in [5.41, 5.74) is 3.78. The van der Waals surface area contributed by atoms with Crippen LogP contribution in [0.4, 0.5) is 5.69 Å². The van der Waals surface area contributed by atoms with Gasteiger partial charge in [-0.15, -0.1) is 0 Å². The van der Waals surface area contributed by atoms with E-state index in [-0.39, 0.29) is 17.0 Å². The van der Waals surface area contributed by atoms with Crippen molar-refractivity contribution in [3.63, 3.8) is 0 Å². The molecule has 0 aliphatic rings. The van der Waals surface area contributed by atoms with Crippen LogP contribution in [-0.2, 0) is 0 Å². The molecular formula is C19H15N5O2. The fraction of sp³-hybridized carbons (Fsp3) is 0.0526. The molecule has 0 fully saturated rings. The molecule has 0 bridgehead atoms. The van der Waals surface area contributed by atoms with E-state index in [1.165, 1.54) is 6.07 Å². The van der Waals surface area contributed by atoms with Gasteiger partial charge in [0.2, 0.25) is 0 Å². The Labute approximate surface area is 148 Å². The zero-order valence-corrected chi connectivity index (χ0v) is 13.9. The minimum atomic E-state index is -0.321. The Morgan fingerprint density at radius 2 is 1.92 bits per heavy atom. The first-order chi connectivity index (χ1) is 12.6. The standard InChI is InChI=1S/C19H15N5O2/c1-11-16(25)6-9-21-17(11)12-2-3-15-14(10-12)18(24-23-15)19(26)22-13-4-7-20-8-5-13/h2-10H,1H3,(H,21,25)(H,23,24)(H,20,22,26). The second-order valence-corrected chi connectivity index (χ2v) is 5.86. The van der Waals surface area contributed by atoms with Gasteiger partial charge in [-0.2, -0.15) is 5.10 Å². The van der Waals surface area contributed by atoms with Crippen molar-refractivity contribution >= 4 is 22.5 Å². The van der Waals surface area contributed by atoms with Gasteiger partial charge in [-0.1, -0.05) is 6.07 Å². The number of aromatic nitrogens is 4. The highest BCUT2D eigenvalue weighted by molar-refractivity contribution is 6.11. The molecule has 0 aliphatic heterocycles. The molecule has 0 saturated carbocycles. The first-order valence-electron chi connectivity index (χ1n) is 8.01. The van der Waals surface area contributed by atoms with Crippen LogP contribution < -0.4 is 10.7 Å². The summed E-state index contributed by atoms with van der Waals surface area (Å²) in [5.74, 6) is -0.321. The van der Waals surface area contributed by atoms with Gasteiger partial charge < -0.3 is 10.3 Å². The lowest BCUT2D eigenvalue weighted by atomic mass is 10.0. The van der Waals surface area contributed by atoms with Crippen molar-refractivity contribution in [2.24, 2.45) is 0 Å². The van der Waals surface area contributed by atoms with Gasteiger partial charge in [0, 0.05) is 41.3 Å². The number of pyridine rings is 2. The Bertz CT molecular complexity index is 1160. The lowest BCUT2D eigenvalue weighted by Crippen LogP contribution is -2.12. The SMILES string of the molecule is Cc1c(-c2ccc3[nH]nc(C(=O)Nc4ccncc4)c3c2)[nH]ccc1=O. The molecule has 3 N–H and O–H groups in total. The molecule has 3 aromatic heterocycles. The molecule has 4 rings (SSSR count). The summed E-state index contributed by atoms with van der Waals surface area (Å²) >= 11 is 0. The largest absolute Gasteiger partial charge is 0.361 e. The zero-order valence-electron chi connectivity index (χ0n) is 13.9. The van der Waals surface area contributed by atoms with E-state index in [9.17, 15) is 9.59 Å². The van der Waals surface area contributed by atoms with Gasteiger partial charge in [-0.3, -0.25) is 19.7 Å². The Morgan fingerprint density at radius 1 is 1.12 bits per heavy atom. The van der Waals surface area contributed by atoms with Crippen LogP contribution in [0.5, 0.6) is 0 Å². The highest BCUT2D eigenvalue weighted by Crippen LogP contribution is 2.25. The minimum absolute atomic E-state index is 0.0401. The third-order valence-electron chi connectivity index (χ3n) is 4.21. The van der Waals surface area contributed by atoms with Gasteiger partial charge in [0.25, 0.3) is 5.91 Å². The molecule has 4 aromatic rings. The zero-order chi connectivity index (χ0) is 18.1. The summed E-state index contributed by atoms with van der Waals surface area (Å²) in [6.07, 6.45) is 4.82. The summed E-state index contributed by atoms with van der Waals surface area (Å²) in [7, 11) is 0. The van der Waals surface area contributed by atoms with E-state index >= 15 is 0 Å². The van der Waals surface area contributed by atoms with E-state index in [1.54, 1.807) is 37.6 Å². The van der Waals surface area contributed by atoms with E-state index < -0.39 is 0 Å². The second kappa shape index (κ2) is 6.29. The average molecular weight is 345 g/mol. The van der Waals surface area contributed by atoms with Crippen molar-refractivity contribution in [3.8, 4) is 11.3 Å². The van der Waals surface area contributed by atoms with E-state index in [0.29, 0.717) is 16.6 Å². The van der Waals surface area contributed by atoms with E-state index in [2.05, 4.69) is 25.5 Å². The molecule has 0 atom stereocenters. The Hall–Kier alpha value is -3.74. The number of nitrogens with zero attached hydrogens (tertiary/aromatic N) is 2. The average Bonchev–Trinajstić information content (AvgIpc) is 3.08. The third-order valence-corrected chi connectivity index (χ3v) is 4.21. The number of amides is 1. The second-order valence-electron chi connectivity index (χ2n) is 5.86. The van der Waals surface area contributed by atoms with Gasteiger partial charge in [-0.05, 0) is 36.8 Å². The monoisotopic (exact) mass is 345 g/mol. The lowest BCUT2D eigenvalue weighted by molar-refractivity contribution is 0.102. The fourth-order valence-electron chi connectivity index (χ4n) is 2.83. The van der Waals surface area contributed by atoms with Gasteiger partial charge >= 0.3 is 0 Å². The van der Waals surface area contributed by atoms with Crippen molar-refractivity contribution < 1.29 is 4.79 Å². The van der Waals surface area contributed by atoms with E-state index in [1.807, 2.05) is 18.2 Å². The number of hydrogen-bond acceptors (Lipinski definition) is 4. The van der Waals surface area contributed by atoms with Gasteiger partial charge in [-0.25, -0.2) is 0 Å². The van der Waals surface area contributed by atoms with Crippen LogP contribution in [0.15, 0.2) is 59.8 Å². The molecule has 0 unspecified atom stereocenters. The molecule has 3 heterocycles. The Morgan fingerprint density at radius 3 is 2.73 bits per heavy atom. The summed E-state index contributed by atoms with van der Waals surface area (Å²) in [5, 5.41) is 10.5. The summed E-state index contributed by atoms with van der Waals surface area (Å²) in [6.45, 7) is 1.77. The van der Waals surface area contributed by atoms with Crippen LogP contribution >= 0.6 is 0 Å². The predicted octanol–water partition coefficient (Wildman–Crippen LogP) is 2.87. The maximum absolute atomic E-state index is 12.6. The quantitative estimate of drug-likeness (QED) is 0.531. The molecule has 0 spiro atoms. The van der Waals surface area contributed by atoms with E-state index in [4.69, 9.17) is 0 Å². The van der Waals surface area contributed by atoms with Gasteiger partial charge in [0.15, 0.2) is 11.1 Å². The number of carbonyl (C=O) groups excluding carboxylic acids is 1. The van der Waals surface area contributed by atoms with Gasteiger partial charge in [0.05, 0.1) is 11.2 Å².